The van der Waals surface area contributed by atoms with Gasteiger partial charge in [-0.1, -0.05) is 42.5 Å². The van der Waals surface area contributed by atoms with Gasteiger partial charge in [-0.3, -0.25) is 19.0 Å². The Balaban J connectivity index is 1.19. The summed E-state index contributed by atoms with van der Waals surface area (Å²) in [6.07, 6.45) is 5.47. The van der Waals surface area contributed by atoms with Crippen LogP contribution in [0.25, 0.3) is 33.5 Å². The minimum atomic E-state index is -0.682. The van der Waals surface area contributed by atoms with Crippen LogP contribution in [-0.4, -0.2) is 41.7 Å². The van der Waals surface area contributed by atoms with E-state index in [0.29, 0.717) is 48.3 Å². The molecule has 0 aliphatic heterocycles. The number of nitrogens with one attached hydrogen (secondary N) is 1. The van der Waals surface area contributed by atoms with Crippen LogP contribution in [0.3, 0.4) is 0 Å². The summed E-state index contributed by atoms with van der Waals surface area (Å²) in [6.45, 7) is 1.94. The van der Waals surface area contributed by atoms with Crippen molar-refractivity contribution in [2.24, 2.45) is 0 Å². The number of fused-ring (bicyclic) bond motifs is 2. The Labute approximate surface area is 261 Å². The normalized spacial score (nSPS) is 16.5. The second kappa shape index (κ2) is 11.7. The van der Waals surface area contributed by atoms with Gasteiger partial charge < -0.3 is 9.72 Å². The van der Waals surface area contributed by atoms with Crippen LogP contribution in [0.5, 0.6) is 0 Å². The van der Waals surface area contributed by atoms with Crippen LogP contribution in [0.2, 0.25) is 0 Å². The first-order valence-corrected chi connectivity index (χ1v) is 15.0. The number of amides is 1. The molecular weight excluding hydrogens is 587 g/mol. The van der Waals surface area contributed by atoms with Crippen LogP contribution in [0, 0.1) is 12.7 Å². The lowest BCUT2D eigenvalue weighted by molar-refractivity contribution is 0.0917. The van der Waals surface area contributed by atoms with Crippen LogP contribution in [0.1, 0.15) is 58.3 Å². The number of rotatable bonds is 6. The largest absolute Gasteiger partial charge is 0.348 e. The molecule has 0 saturated heterocycles. The fourth-order valence-corrected chi connectivity index (χ4v) is 6.31. The fraction of sp³-hybridized carbons (Fsp3) is 0.200. The lowest BCUT2D eigenvalue weighted by Crippen LogP contribution is -2.45. The number of imidazole rings is 1. The maximum absolute atomic E-state index is 14.4. The van der Waals surface area contributed by atoms with Crippen molar-refractivity contribution in [1.29, 1.82) is 0 Å². The summed E-state index contributed by atoms with van der Waals surface area (Å²) in [6, 6.07) is 20.4. The Morgan fingerprint density at radius 2 is 1.72 bits per heavy atom. The SMILES string of the molecule is Cc1cccc2nc(C(=O)N[C@H]3CC[C@@H](n4c(=O)c5cc(F)cnc5n(-c5cccc(-c6ccc(C=O)cc6)c5)c4=O)CC3)cn12. The van der Waals surface area contributed by atoms with Crippen molar-refractivity contribution in [1.82, 2.24) is 28.8 Å². The summed E-state index contributed by atoms with van der Waals surface area (Å²) in [5.41, 5.74) is 3.48. The molecular formula is C35H29FN6O4. The highest BCUT2D eigenvalue weighted by atomic mass is 19.1. The summed E-state index contributed by atoms with van der Waals surface area (Å²) in [7, 11) is 0. The van der Waals surface area contributed by atoms with E-state index in [9.17, 15) is 23.6 Å². The summed E-state index contributed by atoms with van der Waals surface area (Å²) < 4.78 is 18.8. The number of carbonyl (C=O) groups is 2. The molecule has 0 radical (unpaired) electrons. The van der Waals surface area contributed by atoms with Crippen molar-refractivity contribution in [2.75, 3.05) is 0 Å². The number of aryl methyl sites for hydroxylation is 1. The van der Waals surface area contributed by atoms with Gasteiger partial charge in [0.05, 0.1) is 17.3 Å². The van der Waals surface area contributed by atoms with E-state index < -0.39 is 23.1 Å². The number of hydrogen-bond donors (Lipinski definition) is 1. The predicted molar refractivity (Wildman–Crippen MR) is 171 cm³/mol. The van der Waals surface area contributed by atoms with Crippen molar-refractivity contribution in [3.8, 4) is 16.8 Å². The summed E-state index contributed by atoms with van der Waals surface area (Å²) in [5.74, 6) is -0.960. The highest BCUT2D eigenvalue weighted by Crippen LogP contribution is 2.28. The van der Waals surface area contributed by atoms with E-state index in [0.717, 1.165) is 35.4 Å². The number of pyridine rings is 2. The maximum atomic E-state index is 14.4. The summed E-state index contributed by atoms with van der Waals surface area (Å²) in [4.78, 5) is 60.6. The molecule has 1 saturated carbocycles. The van der Waals surface area contributed by atoms with Gasteiger partial charge in [0, 0.05) is 29.5 Å². The van der Waals surface area contributed by atoms with Gasteiger partial charge in [0.15, 0.2) is 5.65 Å². The third-order valence-corrected chi connectivity index (χ3v) is 8.70. The zero-order chi connectivity index (χ0) is 31.9. The average Bonchev–Trinajstić information content (AvgIpc) is 3.52. The molecule has 0 atom stereocenters. The highest BCUT2D eigenvalue weighted by molar-refractivity contribution is 5.93. The number of aldehydes is 1. The van der Waals surface area contributed by atoms with E-state index in [1.54, 1.807) is 36.5 Å². The van der Waals surface area contributed by atoms with Crippen molar-refractivity contribution in [2.45, 2.75) is 44.7 Å². The van der Waals surface area contributed by atoms with E-state index in [4.69, 9.17) is 0 Å². The predicted octanol–water partition coefficient (Wildman–Crippen LogP) is 5.04. The zero-order valence-corrected chi connectivity index (χ0v) is 24.9. The number of benzene rings is 2. The number of hydrogen-bond acceptors (Lipinski definition) is 6. The molecule has 7 rings (SSSR count). The van der Waals surface area contributed by atoms with Gasteiger partial charge in [0.1, 0.15) is 23.4 Å². The third kappa shape index (κ3) is 5.19. The first-order valence-electron chi connectivity index (χ1n) is 15.0. The van der Waals surface area contributed by atoms with Gasteiger partial charge in [0.25, 0.3) is 11.5 Å². The third-order valence-electron chi connectivity index (χ3n) is 8.70. The molecule has 0 bridgehead atoms. The Kier molecular flexibility index (Phi) is 7.36. The number of carbonyl (C=O) groups excluding carboxylic acids is 2. The van der Waals surface area contributed by atoms with Crippen LogP contribution in [0.4, 0.5) is 4.39 Å². The van der Waals surface area contributed by atoms with Crippen molar-refractivity contribution < 1.29 is 14.0 Å². The van der Waals surface area contributed by atoms with Crippen LogP contribution in [0.15, 0.2) is 94.8 Å². The molecule has 1 fully saturated rings. The summed E-state index contributed by atoms with van der Waals surface area (Å²) >= 11 is 0. The standard InChI is InChI=1S/C35H29FN6O4/c1-21-4-2-7-31-39-30(19-40(21)31)33(44)38-26-12-14-27(15-13-26)42-34(45)29-17-25(36)18-37-32(29)41(35(42)46)28-6-3-5-24(16-28)23-10-8-22(20-43)9-11-23/h2-11,16-20,26-27H,12-15H2,1H3,(H,38,44)/t26-,27+. The monoisotopic (exact) mass is 616 g/mol. The number of halogens is 1. The Morgan fingerprint density at radius 1 is 0.957 bits per heavy atom. The fourth-order valence-electron chi connectivity index (χ4n) is 6.31. The minimum absolute atomic E-state index is 0.00194. The molecule has 0 spiro atoms. The first-order chi connectivity index (χ1) is 22.3. The topological polar surface area (TPSA) is 120 Å². The van der Waals surface area contributed by atoms with Gasteiger partial charge in [0.2, 0.25) is 0 Å². The molecule has 1 aliphatic carbocycles. The highest BCUT2D eigenvalue weighted by Gasteiger charge is 2.28. The van der Waals surface area contributed by atoms with Crippen LogP contribution < -0.4 is 16.6 Å². The van der Waals surface area contributed by atoms with Crippen molar-refractivity contribution in [3.63, 3.8) is 0 Å². The number of aromatic nitrogens is 5. The first kappa shape index (κ1) is 29.0. The second-order valence-corrected chi connectivity index (χ2v) is 11.6. The van der Waals surface area contributed by atoms with E-state index >= 15 is 0 Å². The van der Waals surface area contributed by atoms with Crippen molar-refractivity contribution >= 4 is 28.9 Å². The second-order valence-electron chi connectivity index (χ2n) is 11.6. The Hall–Kier alpha value is -5.71. The molecule has 1 amide bonds. The quantitative estimate of drug-likeness (QED) is 0.262. The van der Waals surface area contributed by atoms with Gasteiger partial charge in [-0.2, -0.15) is 0 Å². The smallest absolute Gasteiger partial charge is 0.337 e. The number of nitrogens with zero attached hydrogens (tertiary/aromatic N) is 5. The van der Waals surface area contributed by atoms with Gasteiger partial charge in [-0.05, 0) is 74.1 Å². The molecule has 4 aromatic heterocycles. The van der Waals surface area contributed by atoms with E-state index in [2.05, 4.69) is 15.3 Å². The summed E-state index contributed by atoms with van der Waals surface area (Å²) in [5, 5.41) is 3.05. The van der Waals surface area contributed by atoms with Gasteiger partial charge >= 0.3 is 5.69 Å². The molecule has 10 nitrogen and oxygen atoms in total. The Morgan fingerprint density at radius 3 is 2.46 bits per heavy atom. The lowest BCUT2D eigenvalue weighted by Gasteiger charge is -2.30. The minimum Gasteiger partial charge on any atom is -0.348 e. The molecule has 230 valence electrons. The molecule has 46 heavy (non-hydrogen) atoms. The Bertz CT molecular complexity index is 2260. The van der Waals surface area contributed by atoms with Crippen LogP contribution in [-0.2, 0) is 0 Å². The molecule has 11 heteroatoms. The van der Waals surface area contributed by atoms with Crippen molar-refractivity contribution in [3.05, 3.63) is 129 Å². The van der Waals surface area contributed by atoms with E-state index in [-0.39, 0.29) is 23.0 Å². The van der Waals surface area contributed by atoms with Gasteiger partial charge in [-0.25, -0.2) is 23.7 Å². The molecule has 4 heterocycles. The molecule has 1 N–H and O–H groups in total. The molecule has 2 aromatic carbocycles. The molecule has 1 aliphatic rings. The average molecular weight is 617 g/mol. The molecule has 0 unspecified atom stereocenters. The van der Waals surface area contributed by atoms with Crippen LogP contribution >= 0.6 is 0 Å². The van der Waals surface area contributed by atoms with E-state index in [1.807, 2.05) is 47.7 Å². The van der Waals surface area contributed by atoms with E-state index in [1.165, 1.54) is 9.13 Å². The zero-order valence-electron chi connectivity index (χ0n) is 24.9. The maximum Gasteiger partial charge on any atom is 0.337 e. The lowest BCUT2D eigenvalue weighted by atomic mass is 9.90. The molecule has 6 aromatic rings. The van der Waals surface area contributed by atoms with Gasteiger partial charge in [-0.15, -0.1) is 0 Å².